The minimum atomic E-state index is -0.838. The highest BCUT2D eigenvalue weighted by molar-refractivity contribution is 6.07. The highest BCUT2D eigenvalue weighted by Crippen LogP contribution is 2.38. The van der Waals surface area contributed by atoms with Gasteiger partial charge in [0.1, 0.15) is 29.4 Å². The molecule has 0 unspecified atom stereocenters. The average Bonchev–Trinajstić information content (AvgIpc) is 3.36. The van der Waals surface area contributed by atoms with Crippen molar-refractivity contribution in [2.24, 2.45) is 0 Å². The summed E-state index contributed by atoms with van der Waals surface area (Å²) in [6.45, 7) is 3.47. The van der Waals surface area contributed by atoms with Gasteiger partial charge in [-0.3, -0.25) is 14.6 Å². The standard InChI is InChI=1S/C25H33N3O6/c1-31-14-13-28-24(30)27(16-19-5-4-6-20(15-19)33-3)23(29)25(28)9-11-26(12-10-25)17-21-7-8-22(34-21)18-32-2/h4-8,15H,9-14,16-18H2,1-3H3. The molecule has 2 aromatic rings. The molecule has 2 fully saturated rings. The minimum Gasteiger partial charge on any atom is -0.497 e. The molecule has 34 heavy (non-hydrogen) atoms. The molecule has 0 saturated carbocycles. The molecule has 9 nitrogen and oxygen atoms in total. The van der Waals surface area contributed by atoms with Crippen molar-refractivity contribution in [2.45, 2.75) is 38.1 Å². The topological polar surface area (TPSA) is 84.7 Å². The Labute approximate surface area is 200 Å². The van der Waals surface area contributed by atoms with Gasteiger partial charge in [-0.25, -0.2) is 4.79 Å². The molecule has 0 aliphatic carbocycles. The van der Waals surface area contributed by atoms with Gasteiger partial charge in [0.15, 0.2) is 0 Å². The smallest absolute Gasteiger partial charge is 0.328 e. The summed E-state index contributed by atoms with van der Waals surface area (Å²) in [6, 6.07) is 11.1. The minimum absolute atomic E-state index is 0.128. The lowest BCUT2D eigenvalue weighted by atomic mass is 9.85. The Morgan fingerprint density at radius 1 is 0.971 bits per heavy atom. The van der Waals surface area contributed by atoms with Gasteiger partial charge in [0.25, 0.3) is 5.91 Å². The number of imide groups is 1. The molecule has 1 aromatic carbocycles. The number of carbonyl (C=O) groups excluding carboxylic acids is 2. The predicted octanol–water partition coefficient (Wildman–Crippen LogP) is 2.88. The quantitative estimate of drug-likeness (QED) is 0.493. The van der Waals surface area contributed by atoms with E-state index < -0.39 is 5.54 Å². The first-order valence-electron chi connectivity index (χ1n) is 11.5. The first kappa shape index (κ1) is 24.3. The Morgan fingerprint density at radius 3 is 2.44 bits per heavy atom. The lowest BCUT2D eigenvalue weighted by Crippen LogP contribution is -2.57. The molecule has 0 bridgehead atoms. The normalized spacial score (nSPS) is 18.3. The van der Waals surface area contributed by atoms with E-state index in [4.69, 9.17) is 18.6 Å². The van der Waals surface area contributed by atoms with Gasteiger partial charge < -0.3 is 23.5 Å². The van der Waals surface area contributed by atoms with Crippen LogP contribution in [0.2, 0.25) is 0 Å². The molecule has 0 radical (unpaired) electrons. The van der Waals surface area contributed by atoms with Gasteiger partial charge in [-0.15, -0.1) is 0 Å². The van der Waals surface area contributed by atoms with Crippen molar-refractivity contribution in [3.05, 3.63) is 53.5 Å². The van der Waals surface area contributed by atoms with Crippen LogP contribution in [0.4, 0.5) is 4.79 Å². The second-order valence-electron chi connectivity index (χ2n) is 8.78. The molecule has 2 aliphatic heterocycles. The second-order valence-corrected chi connectivity index (χ2v) is 8.78. The van der Waals surface area contributed by atoms with Crippen LogP contribution in [0, 0.1) is 0 Å². The Kier molecular flexibility index (Phi) is 7.55. The van der Waals surface area contributed by atoms with Crippen molar-refractivity contribution in [1.82, 2.24) is 14.7 Å². The largest absolute Gasteiger partial charge is 0.497 e. The number of piperidine rings is 1. The maximum Gasteiger partial charge on any atom is 0.328 e. The van der Waals surface area contributed by atoms with Gasteiger partial charge >= 0.3 is 6.03 Å². The van der Waals surface area contributed by atoms with Crippen LogP contribution in [-0.4, -0.2) is 79.7 Å². The fourth-order valence-electron chi connectivity index (χ4n) is 4.88. The molecule has 9 heteroatoms. The number of rotatable bonds is 10. The summed E-state index contributed by atoms with van der Waals surface area (Å²) in [4.78, 5) is 32.5. The van der Waals surface area contributed by atoms with E-state index in [0.717, 1.165) is 17.1 Å². The van der Waals surface area contributed by atoms with Crippen LogP contribution >= 0.6 is 0 Å². The third kappa shape index (κ3) is 4.82. The summed E-state index contributed by atoms with van der Waals surface area (Å²) in [5.74, 6) is 2.23. The van der Waals surface area contributed by atoms with E-state index in [1.807, 2.05) is 36.4 Å². The van der Waals surface area contributed by atoms with Crippen LogP contribution in [0.1, 0.15) is 29.9 Å². The first-order chi connectivity index (χ1) is 16.5. The van der Waals surface area contributed by atoms with Gasteiger partial charge in [-0.1, -0.05) is 12.1 Å². The van der Waals surface area contributed by atoms with Crippen molar-refractivity contribution in [3.63, 3.8) is 0 Å². The third-order valence-corrected chi connectivity index (χ3v) is 6.68. The SMILES string of the molecule is COCCN1C(=O)N(Cc2cccc(OC)c2)C(=O)C12CCN(Cc1ccc(COC)o1)CC2. The molecular weight excluding hydrogens is 438 g/mol. The van der Waals surface area contributed by atoms with Gasteiger partial charge in [-0.05, 0) is 42.7 Å². The summed E-state index contributed by atoms with van der Waals surface area (Å²) in [6.07, 6.45) is 1.14. The molecule has 3 heterocycles. The highest BCUT2D eigenvalue weighted by atomic mass is 16.5. The van der Waals surface area contributed by atoms with E-state index in [1.165, 1.54) is 4.90 Å². The summed E-state index contributed by atoms with van der Waals surface area (Å²) in [5, 5.41) is 0. The number of furan rings is 1. The van der Waals surface area contributed by atoms with E-state index in [1.54, 1.807) is 26.2 Å². The zero-order valence-electron chi connectivity index (χ0n) is 20.1. The van der Waals surface area contributed by atoms with Crippen molar-refractivity contribution in [3.8, 4) is 5.75 Å². The van der Waals surface area contributed by atoms with E-state index >= 15 is 0 Å². The lowest BCUT2D eigenvalue weighted by Gasteiger charge is -2.42. The summed E-state index contributed by atoms with van der Waals surface area (Å²) >= 11 is 0. The maximum absolute atomic E-state index is 13.7. The van der Waals surface area contributed by atoms with Crippen LogP contribution in [0.5, 0.6) is 5.75 Å². The lowest BCUT2D eigenvalue weighted by molar-refractivity contribution is -0.136. The number of hydrogen-bond donors (Lipinski definition) is 0. The Balaban J connectivity index is 1.48. The van der Waals surface area contributed by atoms with Crippen LogP contribution in [0.15, 0.2) is 40.8 Å². The van der Waals surface area contributed by atoms with Gasteiger partial charge in [0, 0.05) is 33.9 Å². The van der Waals surface area contributed by atoms with Crippen LogP contribution in [0.3, 0.4) is 0 Å². The summed E-state index contributed by atoms with van der Waals surface area (Å²) < 4.78 is 21.5. The number of benzene rings is 1. The molecule has 4 rings (SSSR count). The Bertz CT molecular complexity index is 998. The first-order valence-corrected chi connectivity index (χ1v) is 11.5. The fraction of sp³-hybridized carbons (Fsp3) is 0.520. The van der Waals surface area contributed by atoms with E-state index in [9.17, 15) is 9.59 Å². The molecule has 0 atom stereocenters. The van der Waals surface area contributed by atoms with Crippen LogP contribution < -0.4 is 4.74 Å². The number of hydrogen-bond acceptors (Lipinski definition) is 7. The van der Waals surface area contributed by atoms with Crippen molar-refractivity contribution < 1.29 is 28.2 Å². The van der Waals surface area contributed by atoms with Crippen LogP contribution in [0.25, 0.3) is 0 Å². The number of likely N-dealkylation sites (tertiary alicyclic amines) is 1. The number of nitrogens with zero attached hydrogens (tertiary/aromatic N) is 3. The molecule has 1 aromatic heterocycles. The summed E-state index contributed by atoms with van der Waals surface area (Å²) in [7, 11) is 4.84. The number of urea groups is 1. The van der Waals surface area contributed by atoms with E-state index in [2.05, 4.69) is 4.90 Å². The number of amides is 3. The Morgan fingerprint density at radius 2 is 1.74 bits per heavy atom. The van der Waals surface area contributed by atoms with Crippen molar-refractivity contribution >= 4 is 11.9 Å². The second kappa shape index (κ2) is 10.6. The monoisotopic (exact) mass is 471 g/mol. The fourth-order valence-corrected chi connectivity index (χ4v) is 4.88. The molecule has 3 amide bonds. The molecule has 0 N–H and O–H groups in total. The molecule has 184 valence electrons. The van der Waals surface area contributed by atoms with Crippen molar-refractivity contribution in [2.75, 3.05) is 47.6 Å². The number of carbonyl (C=O) groups is 2. The predicted molar refractivity (Wildman–Crippen MR) is 124 cm³/mol. The van der Waals surface area contributed by atoms with Gasteiger partial charge in [0.2, 0.25) is 0 Å². The maximum atomic E-state index is 13.7. The van der Waals surface area contributed by atoms with E-state index in [0.29, 0.717) is 58.0 Å². The molecule has 1 spiro atoms. The molecule has 2 aliphatic rings. The van der Waals surface area contributed by atoms with Crippen molar-refractivity contribution in [1.29, 1.82) is 0 Å². The van der Waals surface area contributed by atoms with Gasteiger partial charge in [-0.2, -0.15) is 0 Å². The zero-order valence-corrected chi connectivity index (χ0v) is 20.1. The average molecular weight is 472 g/mol. The van der Waals surface area contributed by atoms with Crippen LogP contribution in [-0.2, 0) is 34.0 Å². The molecular formula is C25H33N3O6. The van der Waals surface area contributed by atoms with E-state index in [-0.39, 0.29) is 18.5 Å². The number of methoxy groups -OCH3 is 3. The molecule has 2 saturated heterocycles. The number of ether oxygens (including phenoxy) is 3. The summed E-state index contributed by atoms with van der Waals surface area (Å²) in [5.41, 5.74) is 0.0157. The van der Waals surface area contributed by atoms with Gasteiger partial charge in [0.05, 0.1) is 26.8 Å². The highest BCUT2D eigenvalue weighted by Gasteiger charge is 2.57. The Hall–Kier alpha value is -2.88. The zero-order chi connectivity index (χ0) is 24.1. The third-order valence-electron chi connectivity index (χ3n) is 6.68.